The van der Waals surface area contributed by atoms with Crippen molar-refractivity contribution >= 4 is 22.1 Å². The van der Waals surface area contributed by atoms with Gasteiger partial charge in [-0.25, -0.2) is 9.97 Å². The van der Waals surface area contributed by atoms with Gasteiger partial charge in [0.25, 0.3) is 0 Å². The van der Waals surface area contributed by atoms with Crippen LogP contribution in [-0.2, 0) is 0 Å². The fourth-order valence-corrected chi connectivity index (χ4v) is 4.96. The maximum Gasteiger partial charge on any atom is 0.137 e. The van der Waals surface area contributed by atoms with Crippen LogP contribution in [0.1, 0.15) is 65.5 Å². The van der Waals surface area contributed by atoms with Gasteiger partial charge in [-0.2, -0.15) is 10.2 Å². The summed E-state index contributed by atoms with van der Waals surface area (Å²) in [7, 11) is 0. The van der Waals surface area contributed by atoms with Crippen LogP contribution in [0, 0.1) is 0 Å². The minimum atomic E-state index is 0.447. The highest BCUT2D eigenvalue weighted by Crippen LogP contribution is 2.28. The van der Waals surface area contributed by atoms with Gasteiger partial charge in [-0.15, -0.1) is 0 Å². The lowest BCUT2D eigenvalue weighted by Crippen LogP contribution is -2.04. The minimum Gasteiger partial charge on any atom is -0.346 e. The molecule has 2 atom stereocenters. The van der Waals surface area contributed by atoms with Gasteiger partial charge < -0.3 is 9.97 Å². The van der Waals surface area contributed by atoms with E-state index < -0.39 is 0 Å². The highest BCUT2D eigenvalue weighted by atomic mass is 15.3. The number of nitrogens with zero attached hydrogens (tertiary/aromatic N) is 6. The lowest BCUT2D eigenvalue weighted by Gasteiger charge is -2.09. The molecule has 0 aromatic carbocycles. The van der Waals surface area contributed by atoms with Gasteiger partial charge >= 0.3 is 0 Å². The Bertz CT molecular complexity index is 1480. The van der Waals surface area contributed by atoms with E-state index >= 15 is 0 Å². The van der Waals surface area contributed by atoms with Crippen LogP contribution in [0.2, 0.25) is 0 Å². The summed E-state index contributed by atoms with van der Waals surface area (Å²) >= 11 is 0. The van der Waals surface area contributed by atoms with Crippen LogP contribution in [0.25, 0.3) is 44.3 Å². The molecule has 6 rings (SSSR count). The Kier molecular flexibility index (Phi) is 7.67. The summed E-state index contributed by atoms with van der Waals surface area (Å²) in [5.74, 6) is 0. The van der Waals surface area contributed by atoms with Gasteiger partial charge in [0.1, 0.15) is 11.3 Å². The van der Waals surface area contributed by atoms with Crippen LogP contribution < -0.4 is 0 Å². The maximum atomic E-state index is 4.49. The van der Waals surface area contributed by atoms with Gasteiger partial charge in [0.15, 0.2) is 0 Å². The van der Waals surface area contributed by atoms with Crippen LogP contribution in [0.15, 0.2) is 73.8 Å². The second kappa shape index (κ2) is 11.5. The first-order valence-electron chi connectivity index (χ1n) is 13.5. The van der Waals surface area contributed by atoms with E-state index in [0.29, 0.717) is 12.1 Å². The zero-order valence-electron chi connectivity index (χ0n) is 22.6. The molecule has 0 fully saturated rings. The first kappa shape index (κ1) is 25.4. The van der Waals surface area contributed by atoms with Gasteiger partial charge in [0.2, 0.25) is 0 Å². The third kappa shape index (κ3) is 5.25. The number of nitrogens with one attached hydrogen (secondary N) is 2. The molecular formula is C30H36N8. The van der Waals surface area contributed by atoms with Crippen molar-refractivity contribution in [2.24, 2.45) is 0 Å². The van der Waals surface area contributed by atoms with Gasteiger partial charge in [-0.1, -0.05) is 26.7 Å². The van der Waals surface area contributed by atoms with Crippen molar-refractivity contribution < 1.29 is 0 Å². The van der Waals surface area contributed by atoms with Crippen LogP contribution in [0.3, 0.4) is 0 Å². The quantitative estimate of drug-likeness (QED) is 0.222. The zero-order chi connectivity index (χ0) is 26.5. The Balaban J connectivity index is 0.000000155. The third-order valence-electron chi connectivity index (χ3n) is 7.06. The van der Waals surface area contributed by atoms with Crippen molar-refractivity contribution in [1.82, 2.24) is 39.5 Å². The van der Waals surface area contributed by atoms with E-state index in [1.54, 1.807) is 0 Å². The molecule has 0 saturated heterocycles. The Hall–Kier alpha value is -4.20. The van der Waals surface area contributed by atoms with Gasteiger partial charge in [0.05, 0.1) is 12.4 Å². The predicted octanol–water partition coefficient (Wildman–Crippen LogP) is 7.58. The van der Waals surface area contributed by atoms with E-state index in [1.165, 1.54) is 24.0 Å². The molecule has 6 heterocycles. The summed E-state index contributed by atoms with van der Waals surface area (Å²) in [5, 5.41) is 11.3. The highest BCUT2D eigenvalue weighted by Gasteiger charge is 2.11. The van der Waals surface area contributed by atoms with Gasteiger partial charge in [-0.3, -0.25) is 9.36 Å². The minimum absolute atomic E-state index is 0.447. The largest absolute Gasteiger partial charge is 0.346 e. The normalized spacial score (nSPS) is 12.9. The Labute approximate surface area is 223 Å². The number of hydrogen-bond acceptors (Lipinski definition) is 4. The Morgan fingerprint density at radius 1 is 0.684 bits per heavy atom. The van der Waals surface area contributed by atoms with Crippen LogP contribution in [-0.4, -0.2) is 39.5 Å². The molecule has 0 spiro atoms. The standard InChI is InChI=1S/2C15H18N4/c2*1-3-4-11(2)19-10-12(9-18-19)13-5-7-16-15-14(13)6-8-17-15/h2*5-11H,3-4H2,1-2H3,(H,16,17)/t2*11-/m10/s1. The van der Waals surface area contributed by atoms with Crippen LogP contribution >= 0.6 is 0 Å². The van der Waals surface area contributed by atoms with Crippen molar-refractivity contribution in [2.75, 3.05) is 0 Å². The molecule has 196 valence electrons. The summed E-state index contributed by atoms with van der Waals surface area (Å²) in [5.41, 5.74) is 6.51. The Morgan fingerprint density at radius 2 is 1.13 bits per heavy atom. The number of H-pyrrole nitrogens is 2. The molecule has 8 heteroatoms. The number of pyridine rings is 2. The molecule has 0 radical (unpaired) electrons. The average molecular weight is 509 g/mol. The summed E-state index contributed by atoms with van der Waals surface area (Å²) in [6, 6.07) is 9.10. The molecule has 0 aliphatic rings. The SMILES string of the molecule is CCC[C@@H](C)n1cc(-c2ccnc3[nH]ccc23)cn1.CCC[C@H](C)n1cc(-c2ccnc3[nH]ccc23)cn1. The summed E-state index contributed by atoms with van der Waals surface area (Å²) in [6.45, 7) is 8.82. The van der Waals surface area contributed by atoms with Gasteiger partial charge in [0, 0.05) is 71.2 Å². The summed E-state index contributed by atoms with van der Waals surface area (Å²) < 4.78 is 4.11. The van der Waals surface area contributed by atoms with E-state index in [1.807, 2.05) is 49.3 Å². The monoisotopic (exact) mass is 508 g/mol. The van der Waals surface area contributed by atoms with Crippen molar-refractivity contribution in [2.45, 2.75) is 65.5 Å². The third-order valence-corrected chi connectivity index (χ3v) is 7.06. The fourth-order valence-electron chi connectivity index (χ4n) is 4.96. The molecule has 6 aromatic heterocycles. The van der Waals surface area contributed by atoms with Crippen molar-refractivity contribution in [3.05, 3.63) is 73.8 Å². The maximum absolute atomic E-state index is 4.49. The Morgan fingerprint density at radius 3 is 1.55 bits per heavy atom. The number of fused-ring (bicyclic) bond motifs is 2. The fraction of sp³-hybridized carbons (Fsp3) is 0.333. The summed E-state index contributed by atoms with van der Waals surface area (Å²) in [4.78, 5) is 14.9. The lowest BCUT2D eigenvalue weighted by molar-refractivity contribution is 0.455. The molecule has 0 amide bonds. The van der Waals surface area contributed by atoms with Gasteiger partial charge in [-0.05, 0) is 62.1 Å². The molecule has 0 unspecified atom stereocenters. The first-order chi connectivity index (χ1) is 18.6. The van der Waals surface area contributed by atoms with Crippen LogP contribution in [0.4, 0.5) is 0 Å². The smallest absolute Gasteiger partial charge is 0.137 e. The average Bonchev–Trinajstić information content (AvgIpc) is 3.75. The predicted molar refractivity (Wildman–Crippen MR) is 154 cm³/mol. The molecule has 0 bridgehead atoms. The molecule has 0 saturated carbocycles. The zero-order valence-corrected chi connectivity index (χ0v) is 22.6. The van der Waals surface area contributed by atoms with Crippen LogP contribution in [0.5, 0.6) is 0 Å². The van der Waals surface area contributed by atoms with Crippen molar-refractivity contribution in [1.29, 1.82) is 0 Å². The number of aromatic amines is 2. The van der Waals surface area contributed by atoms with E-state index in [0.717, 1.165) is 46.0 Å². The molecule has 38 heavy (non-hydrogen) atoms. The molecule has 8 nitrogen and oxygen atoms in total. The number of hydrogen-bond donors (Lipinski definition) is 2. The molecule has 6 aromatic rings. The van der Waals surface area contributed by atoms with E-state index in [2.05, 4.69) is 91.7 Å². The topological polar surface area (TPSA) is 93.0 Å². The van der Waals surface area contributed by atoms with Crippen molar-refractivity contribution in [3.63, 3.8) is 0 Å². The van der Waals surface area contributed by atoms with Crippen molar-refractivity contribution in [3.8, 4) is 22.3 Å². The van der Waals surface area contributed by atoms with E-state index in [4.69, 9.17) is 0 Å². The second-order valence-corrected chi connectivity index (χ2v) is 9.89. The molecule has 0 aliphatic carbocycles. The first-order valence-corrected chi connectivity index (χ1v) is 13.5. The molecular weight excluding hydrogens is 472 g/mol. The second-order valence-electron chi connectivity index (χ2n) is 9.89. The van der Waals surface area contributed by atoms with E-state index in [-0.39, 0.29) is 0 Å². The number of rotatable bonds is 8. The highest BCUT2D eigenvalue weighted by molar-refractivity contribution is 5.93. The summed E-state index contributed by atoms with van der Waals surface area (Å²) in [6.07, 6.45) is 20.3. The number of aromatic nitrogens is 8. The van der Waals surface area contributed by atoms with E-state index in [9.17, 15) is 0 Å². The molecule has 2 N–H and O–H groups in total. The lowest BCUT2D eigenvalue weighted by atomic mass is 10.1. The molecule has 0 aliphatic heterocycles.